The molecule has 1 atom stereocenters. The van der Waals surface area contributed by atoms with Crippen LogP contribution in [-0.4, -0.2) is 21.8 Å². The molecule has 0 aliphatic carbocycles. The second-order valence-corrected chi connectivity index (χ2v) is 10.1. The van der Waals surface area contributed by atoms with E-state index < -0.39 is 35.1 Å². The molecule has 5 nitrogen and oxygen atoms in total. The van der Waals surface area contributed by atoms with Gasteiger partial charge in [0, 0.05) is 17.3 Å². The molecule has 8 heteroatoms. The molecule has 0 bridgehead atoms. The summed E-state index contributed by atoms with van der Waals surface area (Å²) in [5.74, 6) is -4.40. The summed E-state index contributed by atoms with van der Waals surface area (Å²) in [6.07, 6.45) is 0. The molecule has 4 aromatic carbocycles. The Labute approximate surface area is 226 Å². The molecule has 5 aromatic rings. The number of thiazole rings is 1. The quantitative estimate of drug-likeness (QED) is 0.238. The minimum absolute atomic E-state index is 0.0113. The Morgan fingerprint density at radius 2 is 1.64 bits per heavy atom. The molecule has 1 N–H and O–H groups in total. The van der Waals surface area contributed by atoms with Crippen molar-refractivity contribution in [2.24, 2.45) is 0 Å². The van der Waals surface area contributed by atoms with Crippen LogP contribution in [0.25, 0.3) is 21.3 Å². The fraction of sp³-hybridized carbons (Fsp3) is 0.0645. The van der Waals surface area contributed by atoms with Crippen LogP contribution >= 0.6 is 11.3 Å². The number of Topliss-reactive ketones (excluding diaryl/α,β-unsaturated/α-hetero) is 1. The van der Waals surface area contributed by atoms with Crippen LogP contribution in [-0.2, 0) is 4.79 Å². The normalized spacial score (nSPS) is 15.4. The van der Waals surface area contributed by atoms with Crippen LogP contribution in [0, 0.1) is 18.6 Å². The molecule has 6 rings (SSSR count). The lowest BCUT2D eigenvalue weighted by atomic mass is 9.91. The van der Waals surface area contributed by atoms with Crippen LogP contribution in [0.5, 0.6) is 0 Å². The van der Waals surface area contributed by atoms with Gasteiger partial charge in [0.1, 0.15) is 5.01 Å². The van der Waals surface area contributed by atoms with Crippen LogP contribution in [0.1, 0.15) is 27.0 Å². The maximum atomic E-state index is 14.3. The number of ketones is 1. The Morgan fingerprint density at radius 3 is 2.41 bits per heavy atom. The van der Waals surface area contributed by atoms with E-state index in [0.29, 0.717) is 16.3 Å². The predicted octanol–water partition coefficient (Wildman–Crippen LogP) is 7.33. The number of aliphatic hydroxyl groups excluding tert-OH is 1. The predicted molar refractivity (Wildman–Crippen MR) is 147 cm³/mol. The molecule has 1 aliphatic heterocycles. The number of rotatable bonds is 5. The molecular formula is C31H20F2N2O3S. The third-order valence-corrected chi connectivity index (χ3v) is 7.98. The van der Waals surface area contributed by atoms with E-state index in [2.05, 4.69) is 4.98 Å². The number of aromatic nitrogens is 1. The first kappa shape index (κ1) is 24.6. The first-order valence-electron chi connectivity index (χ1n) is 12.1. The molecule has 1 aliphatic rings. The Balaban J connectivity index is 1.55. The monoisotopic (exact) mass is 538 g/mol. The molecule has 0 saturated heterocycles. The van der Waals surface area contributed by atoms with E-state index in [0.717, 1.165) is 33.4 Å². The van der Waals surface area contributed by atoms with Gasteiger partial charge in [0.15, 0.2) is 17.4 Å². The summed E-state index contributed by atoms with van der Waals surface area (Å²) in [6.45, 7) is 1.70. The molecule has 192 valence electrons. The fourth-order valence-corrected chi connectivity index (χ4v) is 5.98. The first-order valence-corrected chi connectivity index (χ1v) is 12.9. The van der Waals surface area contributed by atoms with Crippen LogP contribution in [0.15, 0.2) is 102 Å². The molecule has 0 radical (unpaired) electrons. The largest absolute Gasteiger partial charge is 0.503 e. The van der Waals surface area contributed by atoms with Gasteiger partial charge in [-0.15, -0.1) is 11.3 Å². The summed E-state index contributed by atoms with van der Waals surface area (Å²) in [6, 6.07) is 24.2. The van der Waals surface area contributed by atoms with Crippen LogP contribution < -0.4 is 4.90 Å². The van der Waals surface area contributed by atoms with E-state index >= 15 is 0 Å². The highest BCUT2D eigenvalue weighted by Gasteiger charge is 2.46. The zero-order valence-corrected chi connectivity index (χ0v) is 21.4. The first-order chi connectivity index (χ1) is 18.8. The number of aliphatic hydroxyl groups is 1. The van der Waals surface area contributed by atoms with Gasteiger partial charge in [-0.05, 0) is 35.4 Å². The number of carbonyl (C=O) groups is 2. The molecule has 0 spiro atoms. The lowest BCUT2D eigenvalue weighted by Crippen LogP contribution is -2.31. The summed E-state index contributed by atoms with van der Waals surface area (Å²) in [5.41, 5.74) is 1.72. The van der Waals surface area contributed by atoms with E-state index in [4.69, 9.17) is 0 Å². The van der Waals surface area contributed by atoms with E-state index in [-0.39, 0.29) is 16.1 Å². The van der Waals surface area contributed by atoms with Crippen LogP contribution in [0.4, 0.5) is 14.5 Å². The van der Waals surface area contributed by atoms with E-state index in [1.807, 2.05) is 60.7 Å². The number of hydrogen-bond acceptors (Lipinski definition) is 5. The van der Waals surface area contributed by atoms with Gasteiger partial charge in [-0.1, -0.05) is 72.8 Å². The Kier molecular flexibility index (Phi) is 6.04. The molecular weight excluding hydrogens is 518 g/mol. The third-order valence-electron chi connectivity index (χ3n) is 6.78. The smallest absolute Gasteiger partial charge is 0.294 e. The van der Waals surface area contributed by atoms with Gasteiger partial charge in [-0.3, -0.25) is 14.5 Å². The second kappa shape index (κ2) is 9.56. The summed E-state index contributed by atoms with van der Waals surface area (Å²) in [7, 11) is 0. The highest BCUT2D eigenvalue weighted by molar-refractivity contribution is 7.17. The number of anilines is 1. The molecule has 0 fully saturated rings. The molecule has 1 unspecified atom stereocenters. The van der Waals surface area contributed by atoms with Gasteiger partial charge in [0.25, 0.3) is 5.91 Å². The Hall–Kier alpha value is -4.69. The number of amides is 1. The summed E-state index contributed by atoms with van der Waals surface area (Å²) < 4.78 is 28.1. The lowest BCUT2D eigenvalue weighted by molar-refractivity contribution is -0.117. The second-order valence-electron chi connectivity index (χ2n) is 9.14. The maximum Gasteiger partial charge on any atom is 0.294 e. The van der Waals surface area contributed by atoms with Crippen molar-refractivity contribution in [1.82, 2.24) is 4.98 Å². The van der Waals surface area contributed by atoms with E-state index in [1.54, 1.807) is 19.1 Å². The van der Waals surface area contributed by atoms with Crippen molar-refractivity contribution >= 4 is 39.5 Å². The van der Waals surface area contributed by atoms with Gasteiger partial charge >= 0.3 is 0 Å². The summed E-state index contributed by atoms with van der Waals surface area (Å²) in [4.78, 5) is 33.6. The van der Waals surface area contributed by atoms with Crippen molar-refractivity contribution in [1.29, 1.82) is 0 Å². The number of hydrogen-bond donors (Lipinski definition) is 1. The van der Waals surface area contributed by atoms with Gasteiger partial charge in [-0.2, -0.15) is 0 Å². The molecule has 1 amide bonds. The number of fused-ring (bicyclic) bond motifs is 1. The number of halogens is 2. The average Bonchev–Trinajstić information content (AvgIpc) is 3.47. The highest BCUT2D eigenvalue weighted by Crippen LogP contribution is 2.45. The van der Waals surface area contributed by atoms with Gasteiger partial charge in [0.05, 0.1) is 22.2 Å². The Morgan fingerprint density at radius 1 is 0.923 bits per heavy atom. The van der Waals surface area contributed by atoms with Crippen LogP contribution in [0.3, 0.4) is 0 Å². The standard InChI is InChI=1S/C31H20F2N2O3S/c1-17-29(39-30(34-17)19-9-3-2-4-10-19)27(36)25-26(22-13-7-11-18-8-5-6-12-21(18)22)35(31(38)28(25)37)20-14-15-23(32)24(33)16-20/h2-16,26,37H,1H3. The molecule has 2 heterocycles. The summed E-state index contributed by atoms with van der Waals surface area (Å²) in [5, 5.41) is 13.4. The van der Waals surface area contributed by atoms with Crippen molar-refractivity contribution in [2.45, 2.75) is 13.0 Å². The average molecular weight is 539 g/mol. The fourth-order valence-electron chi connectivity index (χ4n) is 4.96. The van der Waals surface area contributed by atoms with Crippen molar-refractivity contribution in [3.8, 4) is 10.6 Å². The minimum atomic E-state index is -1.15. The third kappa shape index (κ3) is 4.09. The van der Waals surface area contributed by atoms with Crippen LogP contribution in [0.2, 0.25) is 0 Å². The number of benzene rings is 4. The topological polar surface area (TPSA) is 70.5 Å². The number of aryl methyl sites for hydroxylation is 1. The summed E-state index contributed by atoms with van der Waals surface area (Å²) >= 11 is 1.17. The van der Waals surface area contributed by atoms with E-state index in [9.17, 15) is 23.5 Å². The SMILES string of the molecule is Cc1nc(-c2ccccc2)sc1C(=O)C1=C(O)C(=O)N(c2ccc(F)c(F)c2)C1c1cccc2ccccc12. The van der Waals surface area contributed by atoms with Crippen molar-refractivity contribution in [3.63, 3.8) is 0 Å². The maximum absolute atomic E-state index is 14.3. The number of carbonyl (C=O) groups excluding carboxylic acids is 2. The van der Waals surface area contributed by atoms with E-state index in [1.165, 1.54) is 17.4 Å². The Bertz CT molecular complexity index is 1810. The van der Waals surface area contributed by atoms with Gasteiger partial charge in [0.2, 0.25) is 5.78 Å². The number of nitrogens with zero attached hydrogens (tertiary/aromatic N) is 2. The molecule has 39 heavy (non-hydrogen) atoms. The highest BCUT2D eigenvalue weighted by atomic mass is 32.1. The minimum Gasteiger partial charge on any atom is -0.503 e. The van der Waals surface area contributed by atoms with Gasteiger partial charge in [-0.25, -0.2) is 13.8 Å². The van der Waals surface area contributed by atoms with Crippen molar-refractivity contribution in [2.75, 3.05) is 4.90 Å². The lowest BCUT2D eigenvalue weighted by Gasteiger charge is -2.28. The molecule has 1 aromatic heterocycles. The zero-order valence-electron chi connectivity index (χ0n) is 20.6. The zero-order chi connectivity index (χ0) is 27.3. The molecule has 0 saturated carbocycles. The van der Waals surface area contributed by atoms with Gasteiger partial charge < -0.3 is 5.11 Å². The van der Waals surface area contributed by atoms with Crippen molar-refractivity contribution < 1.29 is 23.5 Å². The van der Waals surface area contributed by atoms with Crippen molar-refractivity contribution in [3.05, 3.63) is 130 Å².